The van der Waals surface area contributed by atoms with E-state index in [0.29, 0.717) is 6.54 Å². The first-order valence-electron chi connectivity index (χ1n) is 7.07. The second kappa shape index (κ2) is 4.72. The summed E-state index contributed by atoms with van der Waals surface area (Å²) < 4.78 is 5.51. The van der Waals surface area contributed by atoms with Crippen LogP contribution >= 0.6 is 0 Å². The lowest BCUT2D eigenvalue weighted by atomic mass is 9.90. The van der Waals surface area contributed by atoms with E-state index in [2.05, 4.69) is 0 Å². The number of hydrogen-bond acceptors (Lipinski definition) is 3. The van der Waals surface area contributed by atoms with Crippen molar-refractivity contribution in [2.75, 3.05) is 13.1 Å². The number of nitrogens with two attached hydrogens (primary N) is 1. The highest BCUT2D eigenvalue weighted by Gasteiger charge is 2.46. The summed E-state index contributed by atoms with van der Waals surface area (Å²) in [7, 11) is 0. The highest BCUT2D eigenvalue weighted by atomic mass is 16.6. The van der Waals surface area contributed by atoms with Crippen molar-refractivity contribution in [2.24, 2.45) is 11.7 Å². The van der Waals surface area contributed by atoms with Crippen molar-refractivity contribution in [3.8, 4) is 0 Å². The van der Waals surface area contributed by atoms with Gasteiger partial charge >= 0.3 is 6.09 Å². The molecule has 1 saturated heterocycles. The first-order chi connectivity index (χ1) is 8.36. The van der Waals surface area contributed by atoms with Crippen LogP contribution in [0, 0.1) is 5.92 Å². The molecule has 2 aliphatic rings. The molecule has 1 aliphatic carbocycles. The van der Waals surface area contributed by atoms with Gasteiger partial charge < -0.3 is 15.4 Å². The maximum atomic E-state index is 12.3. The molecule has 1 unspecified atom stereocenters. The Hall–Kier alpha value is -0.770. The van der Waals surface area contributed by atoms with Gasteiger partial charge in [-0.3, -0.25) is 0 Å². The van der Waals surface area contributed by atoms with Crippen molar-refractivity contribution in [1.82, 2.24) is 4.90 Å². The smallest absolute Gasteiger partial charge is 0.410 e. The van der Waals surface area contributed by atoms with Gasteiger partial charge in [-0.05, 0) is 46.0 Å². The largest absolute Gasteiger partial charge is 0.444 e. The molecule has 1 aliphatic heterocycles. The number of amides is 1. The zero-order valence-corrected chi connectivity index (χ0v) is 11.9. The fourth-order valence-corrected chi connectivity index (χ4v) is 2.91. The van der Waals surface area contributed by atoms with Crippen LogP contribution in [0.25, 0.3) is 0 Å². The Balaban J connectivity index is 2.06. The van der Waals surface area contributed by atoms with Gasteiger partial charge in [0.1, 0.15) is 5.60 Å². The highest BCUT2D eigenvalue weighted by molar-refractivity contribution is 5.69. The molecular weight excluding hydrogens is 228 g/mol. The van der Waals surface area contributed by atoms with Crippen LogP contribution in [0.5, 0.6) is 0 Å². The minimum atomic E-state index is -0.431. The van der Waals surface area contributed by atoms with Gasteiger partial charge in [0.15, 0.2) is 0 Å². The van der Waals surface area contributed by atoms with Gasteiger partial charge in [0.25, 0.3) is 0 Å². The van der Waals surface area contributed by atoms with Crippen LogP contribution in [-0.2, 0) is 4.74 Å². The fourth-order valence-electron chi connectivity index (χ4n) is 2.91. The molecule has 2 N–H and O–H groups in total. The van der Waals surface area contributed by atoms with E-state index < -0.39 is 5.60 Å². The summed E-state index contributed by atoms with van der Waals surface area (Å²) in [5.41, 5.74) is 5.42. The number of carbonyl (C=O) groups excluding carboxylic acids is 1. The average Bonchev–Trinajstić information content (AvgIpc) is 2.93. The molecule has 0 aromatic heterocycles. The van der Waals surface area contributed by atoms with Gasteiger partial charge in [0.2, 0.25) is 0 Å². The molecule has 1 atom stereocenters. The van der Waals surface area contributed by atoms with Gasteiger partial charge in [-0.1, -0.05) is 12.8 Å². The third-order valence-corrected chi connectivity index (χ3v) is 3.96. The van der Waals surface area contributed by atoms with Crippen molar-refractivity contribution < 1.29 is 9.53 Å². The third kappa shape index (κ3) is 2.97. The van der Waals surface area contributed by atoms with Gasteiger partial charge in [-0.25, -0.2) is 4.79 Å². The lowest BCUT2D eigenvalue weighted by Crippen LogP contribution is -2.53. The van der Waals surface area contributed by atoms with Crippen molar-refractivity contribution in [2.45, 2.75) is 64.0 Å². The highest BCUT2D eigenvalue weighted by Crippen LogP contribution is 2.43. The summed E-state index contributed by atoms with van der Waals surface area (Å²) in [5.74, 6) is 0.775. The Morgan fingerprint density at radius 2 is 2.11 bits per heavy atom. The van der Waals surface area contributed by atoms with Crippen LogP contribution in [-0.4, -0.2) is 35.2 Å². The zero-order chi connectivity index (χ0) is 13.4. The second-order valence-electron chi connectivity index (χ2n) is 6.81. The maximum absolute atomic E-state index is 12.3. The van der Waals surface area contributed by atoms with Crippen LogP contribution in [0.4, 0.5) is 4.79 Å². The molecule has 104 valence electrons. The van der Waals surface area contributed by atoms with E-state index in [1.54, 1.807) is 0 Å². The standard InChI is InChI=1S/C14H26N2O2/c1-13(2,3)18-12(17)16-8-4-7-14(16,10-15)9-11-5-6-11/h11H,4-10,15H2,1-3H3. The Kier molecular flexibility index (Phi) is 3.58. The first kappa shape index (κ1) is 13.7. The van der Waals surface area contributed by atoms with Crippen molar-refractivity contribution in [1.29, 1.82) is 0 Å². The molecular formula is C14H26N2O2. The molecule has 0 aromatic carbocycles. The van der Waals surface area contributed by atoms with E-state index in [1.807, 2.05) is 25.7 Å². The van der Waals surface area contributed by atoms with E-state index in [0.717, 1.165) is 31.7 Å². The Morgan fingerprint density at radius 3 is 2.61 bits per heavy atom. The summed E-state index contributed by atoms with van der Waals surface area (Å²) in [4.78, 5) is 14.2. The van der Waals surface area contributed by atoms with E-state index in [-0.39, 0.29) is 11.6 Å². The lowest BCUT2D eigenvalue weighted by Gasteiger charge is -2.38. The number of nitrogens with zero attached hydrogens (tertiary/aromatic N) is 1. The molecule has 4 nitrogen and oxygen atoms in total. The van der Waals surface area contributed by atoms with Gasteiger partial charge in [0.05, 0.1) is 5.54 Å². The number of likely N-dealkylation sites (tertiary alicyclic amines) is 1. The quantitative estimate of drug-likeness (QED) is 0.842. The zero-order valence-electron chi connectivity index (χ0n) is 11.9. The predicted octanol–water partition coefficient (Wildman–Crippen LogP) is 2.51. The minimum absolute atomic E-state index is 0.135. The van der Waals surface area contributed by atoms with Crippen LogP contribution in [0.15, 0.2) is 0 Å². The van der Waals surface area contributed by atoms with Crippen molar-refractivity contribution in [3.63, 3.8) is 0 Å². The molecule has 4 heteroatoms. The number of rotatable bonds is 3. The number of ether oxygens (including phenoxy) is 1. The SMILES string of the molecule is CC(C)(C)OC(=O)N1CCCC1(CN)CC1CC1. The molecule has 0 spiro atoms. The summed E-state index contributed by atoms with van der Waals surface area (Å²) >= 11 is 0. The molecule has 2 fully saturated rings. The second-order valence-corrected chi connectivity index (χ2v) is 6.81. The van der Waals surface area contributed by atoms with Crippen LogP contribution in [0.1, 0.15) is 52.9 Å². The normalized spacial score (nSPS) is 28.6. The van der Waals surface area contributed by atoms with Crippen LogP contribution in [0.2, 0.25) is 0 Å². The summed E-state index contributed by atoms with van der Waals surface area (Å²) in [6, 6.07) is 0. The molecule has 0 radical (unpaired) electrons. The summed E-state index contributed by atoms with van der Waals surface area (Å²) in [6.07, 6.45) is 5.53. The Labute approximate surface area is 110 Å². The van der Waals surface area contributed by atoms with E-state index in [4.69, 9.17) is 10.5 Å². The minimum Gasteiger partial charge on any atom is -0.444 e. The summed E-state index contributed by atoms with van der Waals surface area (Å²) in [6.45, 7) is 7.07. The van der Waals surface area contributed by atoms with Crippen LogP contribution in [0.3, 0.4) is 0 Å². The molecule has 2 rings (SSSR count). The van der Waals surface area contributed by atoms with Crippen molar-refractivity contribution >= 4 is 6.09 Å². The molecule has 1 amide bonds. The van der Waals surface area contributed by atoms with E-state index in [1.165, 1.54) is 12.8 Å². The Bertz CT molecular complexity index is 320. The molecule has 1 saturated carbocycles. The number of carbonyl (C=O) groups is 1. The van der Waals surface area contributed by atoms with Gasteiger partial charge in [-0.2, -0.15) is 0 Å². The molecule has 1 heterocycles. The monoisotopic (exact) mass is 254 g/mol. The van der Waals surface area contributed by atoms with E-state index >= 15 is 0 Å². The van der Waals surface area contributed by atoms with E-state index in [9.17, 15) is 4.79 Å². The van der Waals surface area contributed by atoms with Gasteiger partial charge in [0, 0.05) is 13.1 Å². The van der Waals surface area contributed by atoms with Crippen molar-refractivity contribution in [3.05, 3.63) is 0 Å². The summed E-state index contributed by atoms with van der Waals surface area (Å²) in [5, 5.41) is 0. The predicted molar refractivity (Wildman–Crippen MR) is 71.3 cm³/mol. The van der Waals surface area contributed by atoms with Gasteiger partial charge in [-0.15, -0.1) is 0 Å². The Morgan fingerprint density at radius 1 is 1.44 bits per heavy atom. The topological polar surface area (TPSA) is 55.6 Å². The number of hydrogen-bond donors (Lipinski definition) is 1. The fraction of sp³-hybridized carbons (Fsp3) is 0.929. The maximum Gasteiger partial charge on any atom is 0.410 e. The third-order valence-electron chi connectivity index (χ3n) is 3.96. The lowest BCUT2D eigenvalue weighted by molar-refractivity contribution is 0.00675. The molecule has 0 aromatic rings. The van der Waals surface area contributed by atoms with Crippen LogP contribution < -0.4 is 5.73 Å². The average molecular weight is 254 g/mol. The first-order valence-corrected chi connectivity index (χ1v) is 7.07. The molecule has 0 bridgehead atoms. The molecule has 18 heavy (non-hydrogen) atoms.